The third-order valence-corrected chi connectivity index (χ3v) is 6.62. The second-order valence-electron chi connectivity index (χ2n) is 8.66. The molecule has 1 aromatic heterocycles. The van der Waals surface area contributed by atoms with Crippen molar-refractivity contribution >= 4 is 11.8 Å². The van der Waals surface area contributed by atoms with E-state index in [1.807, 2.05) is 36.4 Å². The van der Waals surface area contributed by atoms with E-state index < -0.39 is 0 Å². The smallest absolute Gasteiger partial charge is 0.239 e. The highest BCUT2D eigenvalue weighted by atomic mass is 16.4. The molecule has 2 saturated heterocycles. The van der Waals surface area contributed by atoms with E-state index in [2.05, 4.69) is 27.5 Å². The molecule has 0 bridgehead atoms. The number of nitrogens with one attached hydrogen (secondary N) is 2. The lowest BCUT2D eigenvalue weighted by Gasteiger charge is -2.33. The van der Waals surface area contributed by atoms with Gasteiger partial charge in [-0.1, -0.05) is 30.3 Å². The van der Waals surface area contributed by atoms with Crippen molar-refractivity contribution in [3.63, 3.8) is 0 Å². The predicted octanol–water partition coefficient (Wildman–Crippen LogP) is 1.24. The lowest BCUT2D eigenvalue weighted by molar-refractivity contribution is -0.126. The molecule has 2 aromatic rings. The Bertz CT molecular complexity index is 916. The Kier molecular flexibility index (Phi) is 7.24. The summed E-state index contributed by atoms with van der Waals surface area (Å²) in [5.74, 6) is 1.34. The van der Waals surface area contributed by atoms with Crippen LogP contribution in [0.2, 0.25) is 0 Å². The van der Waals surface area contributed by atoms with Crippen molar-refractivity contribution < 1.29 is 19.1 Å². The largest absolute Gasteiger partial charge is 0.462 e. The number of aliphatic hydroxyl groups is 1. The zero-order chi connectivity index (χ0) is 22.5. The molecule has 0 saturated carbocycles. The number of carbonyl (C=O) groups excluding carboxylic acids is 2. The van der Waals surface area contributed by atoms with Crippen LogP contribution in [0, 0.1) is 0 Å². The molecule has 3 N–H and O–H groups in total. The van der Waals surface area contributed by atoms with Gasteiger partial charge in [0.05, 0.1) is 6.54 Å². The van der Waals surface area contributed by atoms with Crippen molar-refractivity contribution in [2.45, 2.75) is 57.1 Å². The molecule has 2 amide bonds. The summed E-state index contributed by atoms with van der Waals surface area (Å²) in [6.07, 6.45) is 2.01. The van der Waals surface area contributed by atoms with Crippen molar-refractivity contribution in [2.24, 2.45) is 0 Å². The van der Waals surface area contributed by atoms with E-state index in [0.29, 0.717) is 38.2 Å². The van der Waals surface area contributed by atoms with Gasteiger partial charge in [-0.2, -0.15) is 0 Å². The maximum absolute atomic E-state index is 12.9. The fraction of sp³-hybridized carbons (Fsp3) is 0.500. The third-order valence-electron chi connectivity index (χ3n) is 6.62. The Morgan fingerprint density at radius 1 is 1.22 bits per heavy atom. The van der Waals surface area contributed by atoms with Crippen LogP contribution in [-0.4, -0.2) is 65.0 Å². The predicted molar refractivity (Wildman–Crippen MR) is 119 cm³/mol. The van der Waals surface area contributed by atoms with E-state index in [0.717, 1.165) is 24.3 Å². The van der Waals surface area contributed by atoms with Gasteiger partial charge in [0.15, 0.2) is 0 Å². The van der Waals surface area contributed by atoms with Crippen LogP contribution in [0.5, 0.6) is 0 Å². The molecule has 2 aliphatic rings. The molecule has 3 heterocycles. The molecule has 8 nitrogen and oxygen atoms in total. The van der Waals surface area contributed by atoms with Crippen LogP contribution in [-0.2, 0) is 29.3 Å². The van der Waals surface area contributed by atoms with Crippen LogP contribution in [0.25, 0.3) is 0 Å². The number of amides is 2. The highest BCUT2D eigenvalue weighted by Crippen LogP contribution is 2.29. The van der Waals surface area contributed by atoms with Crippen LogP contribution >= 0.6 is 0 Å². The highest BCUT2D eigenvalue weighted by Gasteiger charge is 2.45. The normalized spacial score (nSPS) is 24.1. The molecule has 0 aliphatic carbocycles. The molecule has 1 aromatic carbocycles. The number of hydrogen-bond donors (Lipinski definition) is 3. The molecule has 32 heavy (non-hydrogen) atoms. The Labute approximate surface area is 188 Å². The maximum Gasteiger partial charge on any atom is 0.239 e. The Morgan fingerprint density at radius 3 is 2.75 bits per heavy atom. The van der Waals surface area contributed by atoms with E-state index in [4.69, 9.17) is 4.42 Å². The van der Waals surface area contributed by atoms with Crippen LogP contribution in [0.1, 0.15) is 36.3 Å². The lowest BCUT2D eigenvalue weighted by Crippen LogP contribution is -2.49. The summed E-state index contributed by atoms with van der Waals surface area (Å²) in [5, 5.41) is 15.3. The van der Waals surface area contributed by atoms with Gasteiger partial charge < -0.3 is 20.2 Å². The van der Waals surface area contributed by atoms with E-state index in [1.165, 1.54) is 0 Å². The lowest BCUT2D eigenvalue weighted by atomic mass is 10.0. The van der Waals surface area contributed by atoms with Crippen molar-refractivity contribution in [1.29, 1.82) is 0 Å². The first-order valence-electron chi connectivity index (χ1n) is 11.3. The molecule has 0 unspecified atom stereocenters. The molecular formula is C24H32N4O4. The summed E-state index contributed by atoms with van der Waals surface area (Å²) < 4.78 is 5.63. The molecule has 8 heteroatoms. The maximum atomic E-state index is 12.9. The first-order valence-corrected chi connectivity index (χ1v) is 11.3. The second-order valence-corrected chi connectivity index (χ2v) is 8.66. The zero-order valence-electron chi connectivity index (χ0n) is 18.5. The number of benzene rings is 1. The number of nitrogens with zero attached hydrogens (tertiary/aromatic N) is 2. The van der Waals surface area contributed by atoms with Crippen molar-refractivity contribution in [1.82, 2.24) is 20.4 Å². The summed E-state index contributed by atoms with van der Waals surface area (Å²) in [6, 6.07) is 13.5. The molecule has 3 atom stereocenters. The summed E-state index contributed by atoms with van der Waals surface area (Å²) >= 11 is 0. The highest BCUT2D eigenvalue weighted by molar-refractivity contribution is 5.83. The fourth-order valence-corrected chi connectivity index (χ4v) is 4.80. The minimum atomic E-state index is -0.250. The van der Waals surface area contributed by atoms with Crippen molar-refractivity contribution in [3.8, 4) is 0 Å². The first kappa shape index (κ1) is 22.5. The summed E-state index contributed by atoms with van der Waals surface area (Å²) in [5.41, 5.74) is 1.08. The van der Waals surface area contributed by atoms with Crippen LogP contribution in [0.3, 0.4) is 0 Å². The topological polar surface area (TPSA) is 98.1 Å². The molecule has 0 radical (unpaired) electrons. The quantitative estimate of drug-likeness (QED) is 0.572. The van der Waals surface area contributed by atoms with Gasteiger partial charge in [-0.15, -0.1) is 0 Å². The van der Waals surface area contributed by atoms with Crippen LogP contribution in [0.4, 0.5) is 0 Å². The van der Waals surface area contributed by atoms with Gasteiger partial charge in [-0.05, 0) is 37.6 Å². The van der Waals surface area contributed by atoms with Gasteiger partial charge >= 0.3 is 0 Å². The SMILES string of the molecule is CN1[C@@H](CCC(=O)NCc2ccccc2)CNC(=O)[C@@H]2[C@H]1CCN2Cc1ccc(CO)o1. The number of rotatable bonds is 8. The van der Waals surface area contributed by atoms with Gasteiger partial charge in [-0.25, -0.2) is 0 Å². The molecule has 0 spiro atoms. The monoisotopic (exact) mass is 440 g/mol. The van der Waals surface area contributed by atoms with Gasteiger partial charge in [-0.3, -0.25) is 19.4 Å². The minimum Gasteiger partial charge on any atom is -0.462 e. The number of fused-ring (bicyclic) bond motifs is 1. The average molecular weight is 441 g/mol. The summed E-state index contributed by atoms with van der Waals surface area (Å²) in [4.78, 5) is 29.7. The molecule has 4 rings (SSSR count). The average Bonchev–Trinajstić information content (AvgIpc) is 3.42. The number of carbonyl (C=O) groups is 2. The molecule has 2 fully saturated rings. The van der Waals surface area contributed by atoms with Gasteiger partial charge in [0.2, 0.25) is 11.8 Å². The first-order chi connectivity index (χ1) is 15.5. The van der Waals surface area contributed by atoms with Crippen molar-refractivity contribution in [3.05, 3.63) is 59.5 Å². The third kappa shape index (κ3) is 5.20. The number of likely N-dealkylation sites (N-methyl/N-ethyl adjacent to an activating group) is 1. The summed E-state index contributed by atoms with van der Waals surface area (Å²) in [7, 11) is 2.06. The van der Waals surface area contributed by atoms with Crippen molar-refractivity contribution in [2.75, 3.05) is 20.1 Å². The van der Waals surface area contributed by atoms with Crippen LogP contribution < -0.4 is 10.6 Å². The fourth-order valence-electron chi connectivity index (χ4n) is 4.80. The molecular weight excluding hydrogens is 408 g/mol. The molecule has 172 valence electrons. The van der Waals surface area contributed by atoms with E-state index in [1.54, 1.807) is 6.07 Å². The Balaban J connectivity index is 1.32. The van der Waals surface area contributed by atoms with E-state index in [9.17, 15) is 14.7 Å². The number of furan rings is 1. The Morgan fingerprint density at radius 2 is 2.00 bits per heavy atom. The number of aliphatic hydroxyl groups excluding tert-OH is 1. The number of hydrogen-bond acceptors (Lipinski definition) is 6. The van der Waals surface area contributed by atoms with Crippen LogP contribution in [0.15, 0.2) is 46.9 Å². The second kappa shape index (κ2) is 10.3. The Hall–Kier alpha value is -2.68. The van der Waals surface area contributed by atoms with E-state index >= 15 is 0 Å². The zero-order valence-corrected chi connectivity index (χ0v) is 18.5. The minimum absolute atomic E-state index is 0.0277. The van der Waals surface area contributed by atoms with Gasteiger partial charge in [0.1, 0.15) is 24.2 Å². The van der Waals surface area contributed by atoms with Gasteiger partial charge in [0.25, 0.3) is 0 Å². The number of likely N-dealkylation sites (tertiary alicyclic amines) is 1. The van der Waals surface area contributed by atoms with E-state index in [-0.39, 0.29) is 36.5 Å². The molecule has 2 aliphatic heterocycles. The van der Waals surface area contributed by atoms with Gasteiger partial charge in [0, 0.05) is 38.1 Å². The summed E-state index contributed by atoms with van der Waals surface area (Å²) in [6.45, 7) is 2.27. The standard InChI is InChI=1S/C24H32N4O4/c1-27-18(7-10-22(30)25-13-17-5-3-2-4-6-17)14-26-24(31)23-21(27)11-12-28(23)15-19-8-9-20(16-29)32-19/h2-6,8-9,18,21,23,29H,7,10-16H2,1H3,(H,25,30)(H,26,31)/t18-,21+,23-/m0/s1.